The summed E-state index contributed by atoms with van der Waals surface area (Å²) in [6, 6.07) is 9.27. The average Bonchev–Trinajstić information content (AvgIpc) is 2.89. The molecule has 0 aliphatic heterocycles. The molecule has 0 saturated heterocycles. The van der Waals surface area contributed by atoms with Crippen LogP contribution in [-0.2, 0) is 13.0 Å². The first kappa shape index (κ1) is 13.8. The molecule has 0 bridgehead atoms. The number of aromatic amines is 1. The van der Waals surface area contributed by atoms with E-state index in [0.29, 0.717) is 12.0 Å². The smallest absolute Gasteiger partial charge is 0.0922 e. The second-order valence-corrected chi connectivity index (χ2v) is 5.52. The zero-order valence-corrected chi connectivity index (χ0v) is 12.0. The van der Waals surface area contributed by atoms with E-state index in [2.05, 4.69) is 60.3 Å². The molecule has 1 aromatic heterocycles. The van der Waals surface area contributed by atoms with Crippen LogP contribution in [0.5, 0.6) is 0 Å². The van der Waals surface area contributed by atoms with Gasteiger partial charge in [-0.3, -0.25) is 0 Å². The van der Waals surface area contributed by atoms with Crippen molar-refractivity contribution in [1.82, 2.24) is 15.3 Å². The van der Waals surface area contributed by atoms with E-state index < -0.39 is 0 Å². The van der Waals surface area contributed by atoms with Gasteiger partial charge in [0.15, 0.2) is 0 Å². The third-order valence-corrected chi connectivity index (χ3v) is 3.28. The van der Waals surface area contributed by atoms with Crippen molar-refractivity contribution in [2.24, 2.45) is 5.92 Å². The largest absolute Gasteiger partial charge is 0.347 e. The first-order chi connectivity index (χ1) is 9.15. The van der Waals surface area contributed by atoms with E-state index in [1.165, 1.54) is 11.1 Å². The standard InChI is InChI=1S/C16H23N3/c1-12(2)8-14-4-6-15(7-5-14)13(3)18-10-16-9-17-11-19-16/h4-7,9,11-13,18H,8,10H2,1-3H3,(H,17,19). The van der Waals surface area contributed by atoms with E-state index in [4.69, 9.17) is 0 Å². The van der Waals surface area contributed by atoms with Gasteiger partial charge in [0.1, 0.15) is 0 Å². The van der Waals surface area contributed by atoms with Gasteiger partial charge in [-0.25, -0.2) is 4.98 Å². The van der Waals surface area contributed by atoms with Gasteiger partial charge in [0.05, 0.1) is 6.33 Å². The van der Waals surface area contributed by atoms with Crippen molar-refractivity contribution in [3.63, 3.8) is 0 Å². The molecule has 1 heterocycles. The quantitative estimate of drug-likeness (QED) is 0.832. The minimum Gasteiger partial charge on any atom is -0.347 e. The van der Waals surface area contributed by atoms with E-state index in [0.717, 1.165) is 18.7 Å². The summed E-state index contributed by atoms with van der Waals surface area (Å²) in [7, 11) is 0. The molecule has 0 aliphatic carbocycles. The molecule has 2 rings (SSSR count). The normalized spacial score (nSPS) is 12.8. The number of H-pyrrole nitrogens is 1. The topological polar surface area (TPSA) is 40.7 Å². The van der Waals surface area contributed by atoms with Gasteiger partial charge in [0.25, 0.3) is 0 Å². The van der Waals surface area contributed by atoms with E-state index in [1.807, 2.05) is 6.20 Å². The molecule has 0 amide bonds. The lowest BCUT2D eigenvalue weighted by atomic mass is 10.00. The number of hydrogen-bond donors (Lipinski definition) is 2. The zero-order chi connectivity index (χ0) is 13.7. The van der Waals surface area contributed by atoms with E-state index in [9.17, 15) is 0 Å². The Bertz CT molecular complexity index is 471. The third kappa shape index (κ3) is 4.21. The molecule has 0 fully saturated rings. The van der Waals surface area contributed by atoms with Crippen LogP contribution in [0.1, 0.15) is 43.6 Å². The summed E-state index contributed by atoms with van der Waals surface area (Å²) in [5.74, 6) is 0.710. The Hall–Kier alpha value is -1.61. The van der Waals surface area contributed by atoms with Crippen molar-refractivity contribution in [2.75, 3.05) is 0 Å². The number of imidazole rings is 1. The average molecular weight is 257 g/mol. The summed E-state index contributed by atoms with van der Waals surface area (Å²) in [5.41, 5.74) is 3.86. The van der Waals surface area contributed by atoms with Crippen molar-refractivity contribution in [3.05, 3.63) is 53.6 Å². The van der Waals surface area contributed by atoms with Crippen LogP contribution in [0, 0.1) is 5.92 Å². The van der Waals surface area contributed by atoms with Crippen LogP contribution >= 0.6 is 0 Å². The van der Waals surface area contributed by atoms with E-state index in [-0.39, 0.29) is 0 Å². The van der Waals surface area contributed by atoms with Crippen molar-refractivity contribution in [2.45, 2.75) is 39.8 Å². The monoisotopic (exact) mass is 257 g/mol. The third-order valence-electron chi connectivity index (χ3n) is 3.28. The Balaban J connectivity index is 1.90. The predicted molar refractivity (Wildman–Crippen MR) is 78.8 cm³/mol. The van der Waals surface area contributed by atoms with Crippen LogP contribution in [0.3, 0.4) is 0 Å². The summed E-state index contributed by atoms with van der Waals surface area (Å²) < 4.78 is 0. The minimum atomic E-state index is 0.344. The number of nitrogens with one attached hydrogen (secondary N) is 2. The van der Waals surface area contributed by atoms with Gasteiger partial charge in [0, 0.05) is 24.5 Å². The fourth-order valence-electron chi connectivity index (χ4n) is 2.18. The molecular weight excluding hydrogens is 234 g/mol. The molecule has 0 saturated carbocycles. The van der Waals surface area contributed by atoms with Crippen LogP contribution in [-0.4, -0.2) is 9.97 Å². The molecule has 2 N–H and O–H groups in total. The predicted octanol–water partition coefficient (Wildman–Crippen LogP) is 3.46. The molecule has 1 atom stereocenters. The molecule has 0 radical (unpaired) electrons. The second kappa shape index (κ2) is 6.53. The van der Waals surface area contributed by atoms with Crippen molar-refractivity contribution in [1.29, 1.82) is 0 Å². The zero-order valence-electron chi connectivity index (χ0n) is 12.0. The first-order valence-electron chi connectivity index (χ1n) is 6.94. The summed E-state index contributed by atoms with van der Waals surface area (Å²) >= 11 is 0. The van der Waals surface area contributed by atoms with Crippen LogP contribution in [0.4, 0.5) is 0 Å². The highest BCUT2D eigenvalue weighted by Crippen LogP contribution is 2.15. The molecule has 3 nitrogen and oxygen atoms in total. The van der Waals surface area contributed by atoms with Crippen molar-refractivity contribution >= 4 is 0 Å². The lowest BCUT2D eigenvalue weighted by Gasteiger charge is -2.14. The van der Waals surface area contributed by atoms with E-state index >= 15 is 0 Å². The summed E-state index contributed by atoms with van der Waals surface area (Å²) in [6.45, 7) is 7.51. The Morgan fingerprint density at radius 2 is 1.89 bits per heavy atom. The van der Waals surface area contributed by atoms with Crippen molar-refractivity contribution in [3.8, 4) is 0 Å². The van der Waals surface area contributed by atoms with Gasteiger partial charge in [-0.2, -0.15) is 0 Å². The van der Waals surface area contributed by atoms with Crippen molar-refractivity contribution < 1.29 is 0 Å². The van der Waals surface area contributed by atoms with Gasteiger partial charge < -0.3 is 10.3 Å². The summed E-state index contributed by atoms with van der Waals surface area (Å²) in [5, 5.41) is 3.49. The Morgan fingerprint density at radius 1 is 1.16 bits per heavy atom. The maximum Gasteiger partial charge on any atom is 0.0922 e. The molecular formula is C16H23N3. The Kier molecular flexibility index (Phi) is 4.74. The number of rotatable bonds is 6. The van der Waals surface area contributed by atoms with Gasteiger partial charge in [-0.1, -0.05) is 38.1 Å². The van der Waals surface area contributed by atoms with Gasteiger partial charge in [-0.15, -0.1) is 0 Å². The molecule has 3 heteroatoms. The lowest BCUT2D eigenvalue weighted by molar-refractivity contribution is 0.568. The van der Waals surface area contributed by atoms with Crippen LogP contribution in [0.25, 0.3) is 0 Å². The second-order valence-electron chi connectivity index (χ2n) is 5.52. The maximum atomic E-state index is 4.02. The Labute approximate surface area is 115 Å². The van der Waals surface area contributed by atoms with Gasteiger partial charge >= 0.3 is 0 Å². The molecule has 1 unspecified atom stereocenters. The maximum absolute atomic E-state index is 4.02. The fourth-order valence-corrected chi connectivity index (χ4v) is 2.18. The summed E-state index contributed by atoms with van der Waals surface area (Å²) in [4.78, 5) is 7.12. The number of nitrogens with zero attached hydrogens (tertiary/aromatic N) is 1. The van der Waals surface area contributed by atoms with Gasteiger partial charge in [-0.05, 0) is 30.4 Å². The van der Waals surface area contributed by atoms with Crippen LogP contribution in [0.2, 0.25) is 0 Å². The van der Waals surface area contributed by atoms with E-state index in [1.54, 1.807) is 6.33 Å². The highest BCUT2D eigenvalue weighted by Gasteiger charge is 2.05. The number of aromatic nitrogens is 2. The highest BCUT2D eigenvalue weighted by atomic mass is 14.9. The number of benzene rings is 1. The fraction of sp³-hybridized carbons (Fsp3) is 0.438. The van der Waals surface area contributed by atoms with Gasteiger partial charge in [0.2, 0.25) is 0 Å². The highest BCUT2D eigenvalue weighted by molar-refractivity contribution is 5.25. The molecule has 0 aliphatic rings. The molecule has 19 heavy (non-hydrogen) atoms. The molecule has 1 aromatic carbocycles. The SMILES string of the molecule is CC(C)Cc1ccc(C(C)NCc2cnc[nH]2)cc1. The Morgan fingerprint density at radius 3 is 2.47 bits per heavy atom. The van der Waals surface area contributed by atoms with Crippen LogP contribution < -0.4 is 5.32 Å². The minimum absolute atomic E-state index is 0.344. The molecule has 2 aromatic rings. The first-order valence-corrected chi connectivity index (χ1v) is 6.94. The lowest BCUT2D eigenvalue weighted by Crippen LogP contribution is -2.18. The summed E-state index contributed by atoms with van der Waals surface area (Å²) in [6.07, 6.45) is 4.71. The van der Waals surface area contributed by atoms with Crippen LogP contribution in [0.15, 0.2) is 36.8 Å². The molecule has 102 valence electrons. The number of hydrogen-bond acceptors (Lipinski definition) is 2. The molecule has 0 spiro atoms.